The first-order valence-corrected chi connectivity index (χ1v) is 6.76. The van der Waals surface area contributed by atoms with Gasteiger partial charge in [-0.15, -0.1) is 0 Å². The van der Waals surface area contributed by atoms with E-state index in [4.69, 9.17) is 5.11 Å². The lowest BCUT2D eigenvalue weighted by Gasteiger charge is -2.17. The maximum Gasteiger partial charge on any atom is 0.261 e. The number of fused-ring (bicyclic) bond motifs is 1. The number of aliphatic hydroxyl groups is 1. The van der Waals surface area contributed by atoms with Crippen molar-refractivity contribution in [2.24, 2.45) is 0 Å². The van der Waals surface area contributed by atoms with Gasteiger partial charge in [0.25, 0.3) is 17.7 Å². The van der Waals surface area contributed by atoms with Gasteiger partial charge < -0.3 is 10.0 Å². The summed E-state index contributed by atoms with van der Waals surface area (Å²) in [5.41, 5.74) is 0.920. The van der Waals surface area contributed by atoms with Crippen LogP contribution < -0.4 is 0 Å². The van der Waals surface area contributed by atoms with E-state index in [9.17, 15) is 14.4 Å². The van der Waals surface area contributed by atoms with Crippen molar-refractivity contribution in [1.29, 1.82) is 0 Å². The number of likely N-dealkylation sites (N-methyl/N-ethyl adjacent to an activating group) is 1. The fraction of sp³-hybridized carbons (Fsp3) is 0.400. The van der Waals surface area contributed by atoms with E-state index in [1.165, 1.54) is 28.0 Å². The molecule has 1 aliphatic heterocycles. The van der Waals surface area contributed by atoms with E-state index in [-0.39, 0.29) is 42.5 Å². The zero-order valence-electron chi connectivity index (χ0n) is 12.3. The van der Waals surface area contributed by atoms with Crippen LogP contribution in [-0.4, -0.2) is 58.9 Å². The molecule has 0 spiro atoms. The highest BCUT2D eigenvalue weighted by Crippen LogP contribution is 2.26. The minimum absolute atomic E-state index is 0.133. The minimum Gasteiger partial charge on any atom is -0.395 e. The number of hydrogen-bond donors (Lipinski definition) is 1. The molecule has 3 amide bonds. The molecular formula is C15H18N2O4. The summed E-state index contributed by atoms with van der Waals surface area (Å²) in [5, 5.41) is 8.86. The normalized spacial score (nSPS) is 13.9. The molecule has 0 saturated carbocycles. The molecule has 0 atom stereocenters. The Kier molecular flexibility index (Phi) is 4.09. The van der Waals surface area contributed by atoms with Crippen LogP contribution in [-0.2, 0) is 0 Å². The Morgan fingerprint density at radius 3 is 2.43 bits per heavy atom. The summed E-state index contributed by atoms with van der Waals surface area (Å²) >= 11 is 0. The maximum absolute atomic E-state index is 12.3. The smallest absolute Gasteiger partial charge is 0.261 e. The van der Waals surface area contributed by atoms with Gasteiger partial charge in [-0.1, -0.05) is 0 Å². The van der Waals surface area contributed by atoms with Crippen molar-refractivity contribution in [3.05, 3.63) is 34.9 Å². The first kappa shape index (κ1) is 15.2. The van der Waals surface area contributed by atoms with E-state index in [1.807, 2.05) is 0 Å². The summed E-state index contributed by atoms with van der Waals surface area (Å²) in [6.45, 7) is 3.61. The highest BCUT2D eigenvalue weighted by atomic mass is 16.3. The van der Waals surface area contributed by atoms with Crippen molar-refractivity contribution < 1.29 is 19.5 Å². The first-order chi connectivity index (χ1) is 9.88. The number of amides is 3. The van der Waals surface area contributed by atoms with E-state index in [0.717, 1.165) is 0 Å². The van der Waals surface area contributed by atoms with Crippen molar-refractivity contribution in [2.75, 3.05) is 20.2 Å². The second-order valence-electron chi connectivity index (χ2n) is 5.28. The predicted octanol–water partition coefficient (Wildman–Crippen LogP) is 0.755. The van der Waals surface area contributed by atoms with Gasteiger partial charge in [0.15, 0.2) is 0 Å². The second-order valence-corrected chi connectivity index (χ2v) is 5.28. The number of carbonyl (C=O) groups excluding carboxylic acids is 3. The number of benzene rings is 1. The monoisotopic (exact) mass is 290 g/mol. The summed E-state index contributed by atoms with van der Waals surface area (Å²) in [7, 11) is 1.57. The standard InChI is InChI=1S/C15H18N2O4/c1-9(2)17-14(20)11-5-4-10(8-12(11)15(17)21)13(19)16(3)6-7-18/h4-5,8-9,18H,6-7H2,1-3H3. The van der Waals surface area contributed by atoms with Gasteiger partial charge in [0, 0.05) is 25.2 Å². The molecule has 1 N–H and O–H groups in total. The number of carbonyl (C=O) groups is 3. The van der Waals surface area contributed by atoms with Crippen molar-refractivity contribution in [3.8, 4) is 0 Å². The van der Waals surface area contributed by atoms with Crippen LogP contribution in [0, 0.1) is 0 Å². The summed E-state index contributed by atoms with van der Waals surface area (Å²) < 4.78 is 0. The van der Waals surface area contributed by atoms with Gasteiger partial charge in [0.1, 0.15) is 0 Å². The molecule has 6 heteroatoms. The van der Waals surface area contributed by atoms with Crippen LogP contribution in [0.5, 0.6) is 0 Å². The molecule has 112 valence electrons. The Morgan fingerprint density at radius 1 is 1.24 bits per heavy atom. The van der Waals surface area contributed by atoms with Crippen LogP contribution >= 0.6 is 0 Å². The molecule has 2 rings (SSSR count). The summed E-state index contributed by atoms with van der Waals surface area (Å²) in [5.74, 6) is -0.993. The van der Waals surface area contributed by atoms with Gasteiger partial charge in [-0.05, 0) is 32.0 Å². The lowest BCUT2D eigenvalue weighted by atomic mass is 10.1. The van der Waals surface area contributed by atoms with Crippen LogP contribution in [0.3, 0.4) is 0 Å². The fourth-order valence-electron chi connectivity index (χ4n) is 2.33. The van der Waals surface area contributed by atoms with Crippen molar-refractivity contribution >= 4 is 17.7 Å². The lowest BCUT2D eigenvalue weighted by molar-refractivity contribution is 0.0609. The van der Waals surface area contributed by atoms with Crippen LogP contribution in [0.4, 0.5) is 0 Å². The molecule has 0 unspecified atom stereocenters. The number of nitrogens with zero attached hydrogens (tertiary/aromatic N) is 2. The van der Waals surface area contributed by atoms with Gasteiger partial charge in [0.2, 0.25) is 0 Å². The number of imide groups is 1. The number of aliphatic hydroxyl groups excluding tert-OH is 1. The summed E-state index contributed by atoms with van der Waals surface area (Å²) in [4.78, 5) is 39.1. The van der Waals surface area contributed by atoms with E-state index in [0.29, 0.717) is 11.1 Å². The number of hydrogen-bond acceptors (Lipinski definition) is 4. The number of rotatable bonds is 4. The van der Waals surface area contributed by atoms with Gasteiger partial charge in [0.05, 0.1) is 17.7 Å². The van der Waals surface area contributed by atoms with Crippen molar-refractivity contribution in [3.63, 3.8) is 0 Å². The predicted molar refractivity (Wildman–Crippen MR) is 76.1 cm³/mol. The molecule has 0 bridgehead atoms. The molecule has 1 aromatic carbocycles. The van der Waals surface area contributed by atoms with E-state index < -0.39 is 0 Å². The molecule has 1 heterocycles. The molecule has 0 fully saturated rings. The molecule has 1 aromatic rings. The third-order valence-electron chi connectivity index (χ3n) is 3.46. The Hall–Kier alpha value is -2.21. The average molecular weight is 290 g/mol. The van der Waals surface area contributed by atoms with Gasteiger partial charge >= 0.3 is 0 Å². The van der Waals surface area contributed by atoms with E-state index >= 15 is 0 Å². The molecular weight excluding hydrogens is 272 g/mol. The molecule has 0 radical (unpaired) electrons. The highest BCUT2D eigenvalue weighted by Gasteiger charge is 2.37. The topological polar surface area (TPSA) is 77.9 Å². The zero-order chi connectivity index (χ0) is 15.7. The Morgan fingerprint density at radius 2 is 1.86 bits per heavy atom. The fourth-order valence-corrected chi connectivity index (χ4v) is 2.33. The molecule has 0 aromatic heterocycles. The average Bonchev–Trinajstić information content (AvgIpc) is 2.69. The van der Waals surface area contributed by atoms with E-state index in [1.54, 1.807) is 20.9 Å². The summed E-state index contributed by atoms with van der Waals surface area (Å²) in [6, 6.07) is 4.27. The highest BCUT2D eigenvalue weighted by molar-refractivity contribution is 6.22. The van der Waals surface area contributed by atoms with Gasteiger partial charge in [-0.25, -0.2) is 0 Å². The van der Waals surface area contributed by atoms with Crippen LogP contribution in [0.25, 0.3) is 0 Å². The van der Waals surface area contributed by atoms with Crippen LogP contribution in [0.1, 0.15) is 44.9 Å². The second kappa shape index (κ2) is 5.65. The van der Waals surface area contributed by atoms with Gasteiger partial charge in [-0.2, -0.15) is 0 Å². The SMILES string of the molecule is CC(C)N1C(=O)c2ccc(C(=O)N(C)CCO)cc2C1=O. The zero-order valence-corrected chi connectivity index (χ0v) is 12.3. The molecule has 0 saturated heterocycles. The minimum atomic E-state index is -0.371. The largest absolute Gasteiger partial charge is 0.395 e. The first-order valence-electron chi connectivity index (χ1n) is 6.76. The van der Waals surface area contributed by atoms with Crippen LogP contribution in [0.2, 0.25) is 0 Å². The molecule has 0 aliphatic carbocycles. The molecule has 6 nitrogen and oxygen atoms in total. The van der Waals surface area contributed by atoms with Crippen molar-refractivity contribution in [2.45, 2.75) is 19.9 Å². The molecule has 1 aliphatic rings. The Bertz CT molecular complexity index is 610. The quantitative estimate of drug-likeness (QED) is 0.830. The van der Waals surface area contributed by atoms with E-state index in [2.05, 4.69) is 0 Å². The van der Waals surface area contributed by atoms with Gasteiger partial charge in [-0.3, -0.25) is 19.3 Å². The third kappa shape index (κ3) is 2.54. The Labute approximate surface area is 123 Å². The Balaban J connectivity index is 2.37. The maximum atomic E-state index is 12.3. The third-order valence-corrected chi connectivity index (χ3v) is 3.46. The molecule has 21 heavy (non-hydrogen) atoms. The lowest BCUT2D eigenvalue weighted by Crippen LogP contribution is -2.35. The van der Waals surface area contributed by atoms with Crippen molar-refractivity contribution in [1.82, 2.24) is 9.80 Å². The van der Waals surface area contributed by atoms with Crippen LogP contribution in [0.15, 0.2) is 18.2 Å². The summed E-state index contributed by atoms with van der Waals surface area (Å²) in [6.07, 6.45) is 0.